The van der Waals surface area contributed by atoms with Gasteiger partial charge in [0, 0.05) is 19.0 Å². The molecule has 0 atom stereocenters. The fraction of sp³-hybridized carbons (Fsp3) is 0.440. The lowest BCUT2D eigenvalue weighted by molar-refractivity contribution is 0.0208. The van der Waals surface area contributed by atoms with Crippen LogP contribution >= 0.6 is 0 Å². The number of aromatic nitrogens is 3. The molecule has 1 saturated heterocycles. The van der Waals surface area contributed by atoms with Crippen LogP contribution in [0.25, 0.3) is 16.7 Å². The molecule has 1 aliphatic heterocycles. The minimum Gasteiger partial charge on any atom is -0.389 e. The second-order valence-electron chi connectivity index (χ2n) is 9.74. The number of piperidine rings is 1. The fourth-order valence-corrected chi connectivity index (χ4v) is 5.35. The van der Waals surface area contributed by atoms with Crippen LogP contribution in [0.1, 0.15) is 60.6 Å². The van der Waals surface area contributed by atoms with Crippen LogP contribution in [-0.4, -0.2) is 59.1 Å². The number of para-hydroxylation sites is 1. The van der Waals surface area contributed by atoms with Gasteiger partial charge >= 0.3 is 0 Å². The number of aliphatic hydroxyl groups is 1. The summed E-state index contributed by atoms with van der Waals surface area (Å²) in [5.41, 5.74) is 1.85. The van der Waals surface area contributed by atoms with Crippen molar-refractivity contribution < 1.29 is 18.3 Å². The van der Waals surface area contributed by atoms with Crippen LogP contribution in [0.5, 0.6) is 0 Å². The Morgan fingerprint density at radius 1 is 1.25 bits per heavy atom. The SMILES string of the molecule is CS(=O)(=O)NC(=O)c1cc(N2CCC(O)(CC#N)CC2)c2c(C3CCC3)nn(-c3ccccc3)c2n1. The molecule has 10 nitrogen and oxygen atoms in total. The molecule has 2 aliphatic rings. The summed E-state index contributed by atoms with van der Waals surface area (Å²) < 4.78 is 27.3. The number of hydrogen-bond acceptors (Lipinski definition) is 8. The molecule has 0 bridgehead atoms. The maximum Gasteiger partial charge on any atom is 0.283 e. The molecular weight excluding hydrogens is 480 g/mol. The number of carbonyl (C=O) groups is 1. The monoisotopic (exact) mass is 508 g/mol. The van der Waals surface area contributed by atoms with Crippen molar-refractivity contribution in [2.24, 2.45) is 0 Å². The molecule has 11 heteroatoms. The molecule has 3 aromatic rings. The van der Waals surface area contributed by atoms with E-state index in [9.17, 15) is 18.3 Å². The Hall–Kier alpha value is -3.49. The zero-order chi connectivity index (χ0) is 25.5. The van der Waals surface area contributed by atoms with Gasteiger partial charge in [0.1, 0.15) is 5.69 Å². The summed E-state index contributed by atoms with van der Waals surface area (Å²) in [5, 5.41) is 25.7. The maximum atomic E-state index is 12.9. The van der Waals surface area contributed by atoms with Crippen LogP contribution in [0.3, 0.4) is 0 Å². The lowest BCUT2D eigenvalue weighted by Crippen LogP contribution is -2.44. The van der Waals surface area contributed by atoms with Crippen LogP contribution in [0.15, 0.2) is 36.4 Å². The van der Waals surface area contributed by atoms with Crippen molar-refractivity contribution in [1.29, 1.82) is 5.26 Å². The number of nitrogens with one attached hydrogen (secondary N) is 1. The maximum absolute atomic E-state index is 12.9. The van der Waals surface area contributed by atoms with Crippen LogP contribution in [-0.2, 0) is 10.0 Å². The van der Waals surface area contributed by atoms with Gasteiger partial charge in [0.05, 0.1) is 46.8 Å². The van der Waals surface area contributed by atoms with E-state index in [1.807, 2.05) is 35.1 Å². The van der Waals surface area contributed by atoms with Gasteiger partial charge in [-0.1, -0.05) is 24.6 Å². The third-order valence-electron chi connectivity index (χ3n) is 7.09. The number of amides is 1. The fourth-order valence-electron chi connectivity index (χ4n) is 4.91. The summed E-state index contributed by atoms with van der Waals surface area (Å²) in [6, 6.07) is 13.2. The van der Waals surface area contributed by atoms with Gasteiger partial charge in [-0.15, -0.1) is 0 Å². The second kappa shape index (κ2) is 9.19. The zero-order valence-electron chi connectivity index (χ0n) is 20.0. The van der Waals surface area contributed by atoms with Gasteiger partial charge in [0.2, 0.25) is 10.0 Å². The van der Waals surface area contributed by atoms with E-state index in [-0.39, 0.29) is 18.0 Å². The van der Waals surface area contributed by atoms with E-state index in [2.05, 4.69) is 16.0 Å². The van der Waals surface area contributed by atoms with Gasteiger partial charge in [-0.3, -0.25) is 4.79 Å². The van der Waals surface area contributed by atoms with Crippen molar-refractivity contribution in [2.75, 3.05) is 24.2 Å². The normalized spacial score (nSPS) is 18.0. The first-order valence-corrected chi connectivity index (χ1v) is 13.9. The summed E-state index contributed by atoms with van der Waals surface area (Å²) in [5.74, 6) is -0.543. The summed E-state index contributed by atoms with van der Waals surface area (Å²) >= 11 is 0. The van der Waals surface area contributed by atoms with Crippen molar-refractivity contribution in [3.8, 4) is 11.8 Å². The molecule has 1 aromatic carbocycles. The average molecular weight is 509 g/mol. The number of sulfonamides is 1. The smallest absolute Gasteiger partial charge is 0.283 e. The van der Waals surface area contributed by atoms with Gasteiger partial charge in [-0.05, 0) is 43.9 Å². The number of benzene rings is 1. The quantitative estimate of drug-likeness (QED) is 0.518. The van der Waals surface area contributed by atoms with E-state index >= 15 is 0 Å². The lowest BCUT2D eigenvalue weighted by atomic mass is 9.81. The summed E-state index contributed by atoms with van der Waals surface area (Å²) in [6.07, 6.45) is 4.94. The number of hydrogen-bond donors (Lipinski definition) is 2. The van der Waals surface area contributed by atoms with E-state index in [0.29, 0.717) is 31.6 Å². The molecule has 1 aliphatic carbocycles. The highest BCUT2D eigenvalue weighted by Gasteiger charge is 2.35. The highest BCUT2D eigenvalue weighted by molar-refractivity contribution is 7.89. The minimum absolute atomic E-state index is 0.0296. The number of anilines is 1. The van der Waals surface area contributed by atoms with Crippen molar-refractivity contribution in [3.05, 3.63) is 47.8 Å². The molecule has 188 valence electrons. The number of fused-ring (bicyclic) bond motifs is 1. The third-order valence-corrected chi connectivity index (χ3v) is 7.65. The first-order chi connectivity index (χ1) is 17.2. The zero-order valence-corrected chi connectivity index (χ0v) is 20.8. The van der Waals surface area contributed by atoms with Crippen LogP contribution in [0.4, 0.5) is 5.69 Å². The summed E-state index contributed by atoms with van der Waals surface area (Å²) in [7, 11) is -3.79. The van der Waals surface area contributed by atoms with Crippen LogP contribution in [0.2, 0.25) is 0 Å². The number of pyridine rings is 1. The van der Waals surface area contributed by atoms with Gasteiger partial charge in [-0.2, -0.15) is 10.4 Å². The van der Waals surface area contributed by atoms with Crippen molar-refractivity contribution in [3.63, 3.8) is 0 Å². The topological polar surface area (TPSA) is 141 Å². The van der Waals surface area contributed by atoms with Crippen LogP contribution < -0.4 is 9.62 Å². The largest absolute Gasteiger partial charge is 0.389 e. The van der Waals surface area contributed by atoms with Gasteiger partial charge < -0.3 is 10.0 Å². The Morgan fingerprint density at radius 3 is 2.53 bits per heavy atom. The van der Waals surface area contributed by atoms with Crippen molar-refractivity contribution in [2.45, 2.75) is 50.0 Å². The van der Waals surface area contributed by atoms with Gasteiger partial charge in [0.25, 0.3) is 5.91 Å². The molecule has 2 fully saturated rings. The van der Waals surface area contributed by atoms with E-state index in [0.717, 1.165) is 48.0 Å². The average Bonchev–Trinajstić information content (AvgIpc) is 3.16. The number of rotatable bonds is 6. The van der Waals surface area contributed by atoms with E-state index < -0.39 is 21.5 Å². The highest BCUT2D eigenvalue weighted by atomic mass is 32.2. The predicted molar refractivity (Wildman–Crippen MR) is 134 cm³/mol. The number of carbonyl (C=O) groups excluding carboxylic acids is 1. The molecule has 1 amide bonds. The first-order valence-electron chi connectivity index (χ1n) is 12.0. The molecule has 2 N–H and O–H groups in total. The minimum atomic E-state index is -3.79. The third kappa shape index (κ3) is 4.66. The molecule has 5 rings (SSSR count). The van der Waals surface area contributed by atoms with Crippen molar-refractivity contribution >= 4 is 32.7 Å². The Kier molecular flexibility index (Phi) is 6.18. The molecule has 0 spiro atoms. The Labute approximate surface area is 209 Å². The van der Waals surface area contributed by atoms with E-state index in [1.165, 1.54) is 0 Å². The van der Waals surface area contributed by atoms with Crippen LogP contribution in [0, 0.1) is 11.3 Å². The predicted octanol–water partition coefficient (Wildman–Crippen LogP) is 2.62. The molecule has 0 radical (unpaired) electrons. The first kappa shape index (κ1) is 24.2. The van der Waals surface area contributed by atoms with Crippen molar-refractivity contribution in [1.82, 2.24) is 19.5 Å². The summed E-state index contributed by atoms with van der Waals surface area (Å²) in [4.78, 5) is 19.6. The lowest BCUT2D eigenvalue weighted by Gasteiger charge is -2.38. The molecule has 1 saturated carbocycles. The van der Waals surface area contributed by atoms with Gasteiger partial charge in [-0.25, -0.2) is 22.8 Å². The summed E-state index contributed by atoms with van der Waals surface area (Å²) in [6.45, 7) is 0.954. The Balaban J connectivity index is 1.69. The molecule has 3 heterocycles. The highest BCUT2D eigenvalue weighted by Crippen LogP contribution is 2.43. The molecule has 36 heavy (non-hydrogen) atoms. The number of nitriles is 1. The Morgan fingerprint density at radius 2 is 1.94 bits per heavy atom. The van der Waals surface area contributed by atoms with E-state index in [4.69, 9.17) is 10.4 Å². The standard InChI is InChI=1S/C25H28N6O4S/c1-36(34,35)29-24(32)19-16-20(30-14-11-25(33,10-13-26)12-15-30)21-22(17-6-5-7-17)28-31(23(21)27-19)18-8-3-2-4-9-18/h2-4,8-9,16-17,33H,5-7,10-12,14-15H2,1H3,(H,29,32). The Bertz CT molecular complexity index is 1450. The molecular formula is C25H28N6O4S. The van der Waals surface area contributed by atoms with E-state index in [1.54, 1.807) is 10.7 Å². The van der Waals surface area contributed by atoms with Gasteiger partial charge in [0.15, 0.2) is 5.65 Å². The second-order valence-corrected chi connectivity index (χ2v) is 11.5. The molecule has 0 unspecified atom stereocenters. The number of nitrogens with zero attached hydrogens (tertiary/aromatic N) is 5. The molecule has 2 aromatic heterocycles.